The average Bonchev–Trinajstić information content (AvgIpc) is 2.31. The van der Waals surface area contributed by atoms with Crippen LogP contribution in [0.4, 0.5) is 0 Å². The van der Waals surface area contributed by atoms with Gasteiger partial charge < -0.3 is 5.11 Å². The Morgan fingerprint density at radius 1 is 1.06 bits per heavy atom. The smallest absolute Gasteiger partial charge is 0.303 e. The van der Waals surface area contributed by atoms with E-state index in [9.17, 15) is 9.59 Å². The zero-order chi connectivity index (χ0) is 14.0. The van der Waals surface area contributed by atoms with E-state index in [-0.39, 0.29) is 12.8 Å². The summed E-state index contributed by atoms with van der Waals surface area (Å²) in [4.78, 5) is 21.9. The van der Waals surface area contributed by atoms with E-state index in [1.54, 1.807) is 0 Å². The summed E-state index contributed by atoms with van der Waals surface area (Å²) in [6.45, 7) is 2.11. The van der Waals surface area contributed by atoms with Gasteiger partial charge in [0.25, 0.3) is 5.91 Å². The summed E-state index contributed by atoms with van der Waals surface area (Å²) in [6.07, 6.45) is 5.61. The molecule has 1 atom stereocenters. The number of amides is 1. The Hall–Kier alpha value is -1.14. The van der Waals surface area contributed by atoms with Crippen molar-refractivity contribution in [1.29, 1.82) is 0 Å². The van der Waals surface area contributed by atoms with Gasteiger partial charge in [-0.3, -0.25) is 20.0 Å². The number of carbonyl (C=O) groups excluding carboxylic acids is 1. The van der Waals surface area contributed by atoms with Crippen molar-refractivity contribution >= 4 is 11.9 Å². The molecule has 0 saturated heterocycles. The summed E-state index contributed by atoms with van der Waals surface area (Å²) in [6, 6.07) is 0. The quantitative estimate of drug-likeness (QED) is 0.319. The maximum Gasteiger partial charge on any atom is 0.303 e. The number of nitrogens with zero attached hydrogens (tertiary/aromatic N) is 1. The van der Waals surface area contributed by atoms with Crippen LogP contribution in [0.25, 0.3) is 0 Å². The van der Waals surface area contributed by atoms with E-state index < -0.39 is 23.0 Å². The summed E-state index contributed by atoms with van der Waals surface area (Å²) in [5.74, 6) is -2.44. The topological polar surface area (TPSA) is 98.1 Å². The fraction of sp³-hybridized carbons (Fsp3) is 0.833. The molecule has 6 heteroatoms. The molecule has 106 valence electrons. The van der Waals surface area contributed by atoms with Crippen LogP contribution >= 0.6 is 0 Å². The highest BCUT2D eigenvalue weighted by Crippen LogP contribution is 2.18. The lowest BCUT2D eigenvalue weighted by Gasteiger charge is -2.16. The molecule has 0 saturated carbocycles. The van der Waals surface area contributed by atoms with Crippen molar-refractivity contribution in [2.45, 2.75) is 58.3 Å². The average molecular weight is 261 g/mol. The van der Waals surface area contributed by atoms with Crippen molar-refractivity contribution in [2.75, 3.05) is 0 Å². The van der Waals surface area contributed by atoms with Crippen LogP contribution in [0.2, 0.25) is 0 Å². The summed E-state index contributed by atoms with van der Waals surface area (Å²) >= 11 is 0. The second-order valence-corrected chi connectivity index (χ2v) is 4.46. The molecule has 0 aliphatic rings. The van der Waals surface area contributed by atoms with Gasteiger partial charge in [-0.15, -0.1) is 0 Å². The first kappa shape index (κ1) is 16.9. The first-order valence-electron chi connectivity index (χ1n) is 6.42. The number of hydrogen-bond acceptors (Lipinski definition) is 4. The number of carboxylic acids is 1. The Morgan fingerprint density at radius 2 is 1.67 bits per heavy atom. The van der Waals surface area contributed by atoms with E-state index in [4.69, 9.17) is 15.5 Å². The van der Waals surface area contributed by atoms with E-state index in [2.05, 4.69) is 6.92 Å². The Morgan fingerprint density at radius 3 is 2.17 bits per heavy atom. The highest BCUT2D eigenvalue weighted by Gasteiger charge is 2.23. The van der Waals surface area contributed by atoms with Gasteiger partial charge in [0.05, 0.1) is 0 Å². The monoisotopic (exact) mass is 261 g/mol. The van der Waals surface area contributed by atoms with Crippen LogP contribution in [0, 0.1) is 5.92 Å². The molecule has 0 aliphatic carbocycles. The van der Waals surface area contributed by atoms with E-state index in [1.807, 2.05) is 0 Å². The van der Waals surface area contributed by atoms with Crippen LogP contribution in [-0.4, -0.2) is 32.6 Å². The van der Waals surface area contributed by atoms with E-state index in [0.717, 1.165) is 32.1 Å². The molecule has 1 amide bonds. The van der Waals surface area contributed by atoms with Crippen LogP contribution in [0.5, 0.6) is 0 Å². The Labute approximate surface area is 107 Å². The highest BCUT2D eigenvalue weighted by molar-refractivity contribution is 5.77. The molecule has 0 radical (unpaired) electrons. The lowest BCUT2D eigenvalue weighted by molar-refractivity contribution is -0.288. The maximum atomic E-state index is 11.4. The Kier molecular flexibility index (Phi) is 9.22. The fourth-order valence-electron chi connectivity index (χ4n) is 1.85. The molecule has 0 bridgehead atoms. The molecule has 0 aromatic heterocycles. The van der Waals surface area contributed by atoms with Gasteiger partial charge in [0.2, 0.25) is 0 Å². The fourth-order valence-corrected chi connectivity index (χ4v) is 1.85. The minimum atomic E-state index is -0.985. The third kappa shape index (κ3) is 8.03. The summed E-state index contributed by atoms with van der Waals surface area (Å²) < 4.78 is 0. The third-order valence-corrected chi connectivity index (χ3v) is 2.91. The van der Waals surface area contributed by atoms with E-state index in [1.165, 1.54) is 0 Å². The molecule has 0 spiro atoms. The number of rotatable bonds is 10. The SMILES string of the molecule is CCCCCCCC(CCC(=O)O)C(=O)N(O)O. The molecule has 0 fully saturated rings. The van der Waals surface area contributed by atoms with Crippen molar-refractivity contribution in [3.63, 3.8) is 0 Å². The maximum absolute atomic E-state index is 11.4. The minimum absolute atomic E-state index is 0.138. The molecule has 0 aliphatic heterocycles. The van der Waals surface area contributed by atoms with Crippen molar-refractivity contribution in [2.24, 2.45) is 5.92 Å². The summed E-state index contributed by atoms with van der Waals surface area (Å²) in [7, 11) is 0. The number of aliphatic carboxylic acids is 1. The highest BCUT2D eigenvalue weighted by atomic mass is 16.8. The number of carboxylic acid groups (broad SMARTS) is 1. The molecule has 1 unspecified atom stereocenters. The lowest BCUT2D eigenvalue weighted by Crippen LogP contribution is -2.31. The van der Waals surface area contributed by atoms with Crippen LogP contribution in [0.3, 0.4) is 0 Å². The van der Waals surface area contributed by atoms with Crippen LogP contribution in [-0.2, 0) is 9.59 Å². The molecule has 3 N–H and O–H groups in total. The van der Waals surface area contributed by atoms with Gasteiger partial charge in [-0.05, 0) is 12.8 Å². The van der Waals surface area contributed by atoms with Crippen LogP contribution < -0.4 is 0 Å². The summed E-state index contributed by atoms with van der Waals surface area (Å²) in [5.41, 5.74) is 0. The van der Waals surface area contributed by atoms with Gasteiger partial charge in [0, 0.05) is 12.3 Å². The first-order chi connectivity index (χ1) is 8.49. The first-order valence-corrected chi connectivity index (χ1v) is 6.42. The van der Waals surface area contributed by atoms with Crippen LogP contribution in [0.15, 0.2) is 0 Å². The minimum Gasteiger partial charge on any atom is -0.481 e. The van der Waals surface area contributed by atoms with Crippen LogP contribution in [0.1, 0.15) is 58.3 Å². The van der Waals surface area contributed by atoms with Gasteiger partial charge in [0.15, 0.2) is 0 Å². The van der Waals surface area contributed by atoms with Crippen molar-refractivity contribution in [3.8, 4) is 0 Å². The van der Waals surface area contributed by atoms with Crippen molar-refractivity contribution in [3.05, 3.63) is 0 Å². The number of unbranched alkanes of at least 4 members (excludes halogenated alkanes) is 4. The van der Waals surface area contributed by atoms with Gasteiger partial charge in [-0.2, -0.15) is 0 Å². The standard InChI is InChI=1S/C12H23NO5/c1-2-3-4-5-6-7-10(8-9-11(14)15)12(16)13(17)18/h10,17-18H,2-9H2,1H3,(H,14,15). The molecular weight excluding hydrogens is 238 g/mol. The number of hydroxylamine groups is 2. The largest absolute Gasteiger partial charge is 0.481 e. The second-order valence-electron chi connectivity index (χ2n) is 4.46. The number of carbonyl (C=O) groups is 2. The second kappa shape index (κ2) is 9.85. The Balaban J connectivity index is 4.04. The zero-order valence-corrected chi connectivity index (χ0v) is 10.8. The van der Waals surface area contributed by atoms with Gasteiger partial charge >= 0.3 is 5.97 Å². The predicted molar refractivity (Wildman–Crippen MR) is 64.2 cm³/mol. The summed E-state index contributed by atoms with van der Waals surface area (Å²) in [5, 5.41) is 25.5. The van der Waals surface area contributed by atoms with Gasteiger partial charge in [-0.1, -0.05) is 44.3 Å². The molecule has 0 aromatic rings. The predicted octanol–water partition coefficient (Wildman–Crippen LogP) is 2.43. The normalized spacial score (nSPS) is 12.2. The zero-order valence-electron chi connectivity index (χ0n) is 10.8. The molecule has 0 heterocycles. The molecular formula is C12H23NO5. The lowest BCUT2D eigenvalue weighted by atomic mass is 9.95. The molecule has 18 heavy (non-hydrogen) atoms. The molecule has 0 aromatic carbocycles. The Bertz CT molecular complexity index is 255. The van der Waals surface area contributed by atoms with E-state index in [0.29, 0.717) is 6.42 Å². The van der Waals surface area contributed by atoms with Crippen molar-refractivity contribution < 1.29 is 25.1 Å². The van der Waals surface area contributed by atoms with Gasteiger partial charge in [-0.25, -0.2) is 0 Å². The molecule has 6 nitrogen and oxygen atoms in total. The third-order valence-electron chi connectivity index (χ3n) is 2.91. The molecule has 0 rings (SSSR count). The number of hydrogen-bond donors (Lipinski definition) is 3. The van der Waals surface area contributed by atoms with Gasteiger partial charge in [0.1, 0.15) is 0 Å². The van der Waals surface area contributed by atoms with E-state index >= 15 is 0 Å². The van der Waals surface area contributed by atoms with Crippen molar-refractivity contribution in [1.82, 2.24) is 5.23 Å².